The normalized spacial score (nSPS) is 13.3. The highest BCUT2D eigenvalue weighted by molar-refractivity contribution is 7.89. The van der Waals surface area contributed by atoms with Crippen molar-refractivity contribution in [3.8, 4) is 11.1 Å². The molecule has 3 N–H and O–H groups in total. The third kappa shape index (κ3) is 5.19. The van der Waals surface area contributed by atoms with E-state index >= 15 is 0 Å². The lowest BCUT2D eigenvalue weighted by Gasteiger charge is -2.17. The third-order valence-corrected chi connectivity index (χ3v) is 7.24. The van der Waals surface area contributed by atoms with Crippen molar-refractivity contribution in [3.63, 3.8) is 0 Å². The molecule has 1 atom stereocenters. The number of nitrogens with zero attached hydrogens (tertiary/aromatic N) is 1. The van der Waals surface area contributed by atoms with E-state index in [0.717, 1.165) is 46.5 Å². The standard InChI is InChI=1S/C24H21N3O8S/c28-23(29)22(26-36(33,34)16-11-9-15(10-12-16)27(31)32)13-25-24(30)35-14-21-19-7-3-1-5-17(19)18-6-2-4-8-20(18)21/h1-12,21-22,26H,13-14H2,(H,25,30)(H,28,29)/t22-/m0/s1. The van der Waals surface area contributed by atoms with Gasteiger partial charge in [0, 0.05) is 24.6 Å². The van der Waals surface area contributed by atoms with Crippen molar-refractivity contribution >= 4 is 27.8 Å². The number of ether oxygens (including phenoxy) is 1. The first-order valence-electron chi connectivity index (χ1n) is 10.8. The number of nitro benzene ring substituents is 1. The molecular formula is C24H21N3O8S. The van der Waals surface area contributed by atoms with Gasteiger partial charge in [-0.2, -0.15) is 4.72 Å². The number of carbonyl (C=O) groups excluding carboxylic acids is 1. The van der Waals surface area contributed by atoms with Crippen LogP contribution in [0.2, 0.25) is 0 Å². The Hall–Kier alpha value is -4.29. The van der Waals surface area contributed by atoms with Gasteiger partial charge in [0.1, 0.15) is 12.6 Å². The van der Waals surface area contributed by atoms with Crippen molar-refractivity contribution in [1.82, 2.24) is 10.0 Å². The van der Waals surface area contributed by atoms with E-state index in [1.54, 1.807) is 0 Å². The zero-order valence-corrected chi connectivity index (χ0v) is 19.5. The Morgan fingerprint density at radius 2 is 1.53 bits per heavy atom. The number of carbonyl (C=O) groups is 2. The number of fused-ring (bicyclic) bond motifs is 3. The van der Waals surface area contributed by atoms with E-state index in [-0.39, 0.29) is 23.1 Å². The highest BCUT2D eigenvalue weighted by Gasteiger charge is 2.30. The van der Waals surface area contributed by atoms with Crippen LogP contribution in [-0.2, 0) is 19.6 Å². The molecule has 3 aromatic rings. The molecule has 0 saturated heterocycles. The summed E-state index contributed by atoms with van der Waals surface area (Å²) in [7, 11) is -4.33. The second kappa shape index (κ2) is 10.1. The van der Waals surface area contributed by atoms with Gasteiger partial charge in [-0.05, 0) is 34.4 Å². The molecule has 0 aromatic heterocycles. The van der Waals surface area contributed by atoms with Gasteiger partial charge < -0.3 is 15.2 Å². The van der Waals surface area contributed by atoms with Crippen molar-refractivity contribution in [2.45, 2.75) is 16.9 Å². The molecule has 36 heavy (non-hydrogen) atoms. The van der Waals surface area contributed by atoms with Gasteiger partial charge in [0.2, 0.25) is 10.0 Å². The lowest BCUT2D eigenvalue weighted by Crippen LogP contribution is -2.48. The van der Waals surface area contributed by atoms with Crippen molar-refractivity contribution in [1.29, 1.82) is 0 Å². The molecule has 0 bridgehead atoms. The number of sulfonamides is 1. The van der Waals surface area contributed by atoms with Gasteiger partial charge in [0.15, 0.2) is 0 Å². The Balaban J connectivity index is 1.37. The second-order valence-electron chi connectivity index (χ2n) is 7.97. The summed E-state index contributed by atoms with van der Waals surface area (Å²) in [6.45, 7) is -0.579. The summed E-state index contributed by atoms with van der Waals surface area (Å²) < 4.78 is 32.3. The van der Waals surface area contributed by atoms with Gasteiger partial charge in [-0.15, -0.1) is 0 Å². The molecule has 1 amide bonds. The Morgan fingerprint density at radius 3 is 2.06 bits per heavy atom. The van der Waals surface area contributed by atoms with Crippen LogP contribution >= 0.6 is 0 Å². The molecule has 4 rings (SSSR count). The number of aliphatic carboxylic acids is 1. The molecule has 11 nitrogen and oxygen atoms in total. The van der Waals surface area contributed by atoms with Gasteiger partial charge in [-0.3, -0.25) is 14.9 Å². The van der Waals surface area contributed by atoms with E-state index in [1.165, 1.54) is 0 Å². The molecule has 0 unspecified atom stereocenters. The number of carboxylic acids is 1. The first-order chi connectivity index (χ1) is 17.2. The number of nitro groups is 1. The van der Waals surface area contributed by atoms with Crippen LogP contribution in [-0.4, -0.2) is 49.7 Å². The maximum Gasteiger partial charge on any atom is 0.407 e. The van der Waals surface area contributed by atoms with Crippen LogP contribution in [0.15, 0.2) is 77.7 Å². The fraction of sp³-hybridized carbons (Fsp3) is 0.167. The van der Waals surface area contributed by atoms with E-state index < -0.39 is 39.6 Å². The summed E-state index contributed by atoms with van der Waals surface area (Å²) in [5.41, 5.74) is 3.79. The number of hydrogen-bond donors (Lipinski definition) is 3. The van der Waals surface area contributed by atoms with Gasteiger partial charge >= 0.3 is 12.1 Å². The van der Waals surface area contributed by atoms with Crippen LogP contribution in [0, 0.1) is 10.1 Å². The molecule has 0 radical (unpaired) electrons. The van der Waals surface area contributed by atoms with Crippen LogP contribution in [0.5, 0.6) is 0 Å². The average molecular weight is 512 g/mol. The number of carboxylic acid groups (broad SMARTS) is 1. The maximum atomic E-state index is 12.5. The van der Waals surface area contributed by atoms with Crippen LogP contribution in [0.4, 0.5) is 10.5 Å². The summed E-state index contributed by atoms with van der Waals surface area (Å²) in [6, 6.07) is 17.8. The SMILES string of the molecule is O=C(NC[C@H](NS(=O)(=O)c1ccc([N+](=O)[O-])cc1)C(=O)O)OCC1c2ccccc2-c2ccccc21. The lowest BCUT2D eigenvalue weighted by molar-refractivity contribution is -0.384. The lowest BCUT2D eigenvalue weighted by atomic mass is 9.98. The minimum atomic E-state index is -4.33. The maximum absolute atomic E-state index is 12.5. The number of hydrogen-bond acceptors (Lipinski definition) is 7. The zero-order chi connectivity index (χ0) is 25.9. The summed E-state index contributed by atoms with van der Waals surface area (Å²) in [6.07, 6.45) is -0.905. The monoisotopic (exact) mass is 511 g/mol. The van der Waals surface area contributed by atoms with Crippen LogP contribution < -0.4 is 10.0 Å². The van der Waals surface area contributed by atoms with E-state index in [2.05, 4.69) is 5.32 Å². The fourth-order valence-corrected chi connectivity index (χ4v) is 5.21. The van der Waals surface area contributed by atoms with Gasteiger partial charge in [0.25, 0.3) is 5.69 Å². The molecule has 12 heteroatoms. The number of benzene rings is 3. The van der Waals surface area contributed by atoms with Gasteiger partial charge in [0.05, 0.1) is 9.82 Å². The fourth-order valence-electron chi connectivity index (χ4n) is 4.02. The number of alkyl carbamates (subject to hydrolysis) is 1. The van der Waals surface area contributed by atoms with E-state index in [1.807, 2.05) is 53.3 Å². The Morgan fingerprint density at radius 1 is 0.972 bits per heavy atom. The number of non-ortho nitro benzene ring substituents is 1. The van der Waals surface area contributed by atoms with E-state index in [4.69, 9.17) is 4.74 Å². The molecule has 0 aliphatic heterocycles. The molecule has 1 aliphatic rings. The zero-order valence-electron chi connectivity index (χ0n) is 18.7. The van der Waals surface area contributed by atoms with Crippen LogP contribution in [0.3, 0.4) is 0 Å². The molecule has 0 saturated carbocycles. The highest BCUT2D eigenvalue weighted by atomic mass is 32.2. The molecule has 186 valence electrons. The third-order valence-electron chi connectivity index (χ3n) is 5.75. The van der Waals surface area contributed by atoms with E-state index in [9.17, 15) is 33.2 Å². The topological polar surface area (TPSA) is 165 Å². The number of rotatable bonds is 9. The van der Waals surface area contributed by atoms with Crippen LogP contribution in [0.25, 0.3) is 11.1 Å². The van der Waals surface area contributed by atoms with Crippen molar-refractivity contribution < 1.29 is 32.8 Å². The highest BCUT2D eigenvalue weighted by Crippen LogP contribution is 2.44. The van der Waals surface area contributed by atoms with Crippen molar-refractivity contribution in [2.75, 3.05) is 13.2 Å². The number of amides is 1. The minimum Gasteiger partial charge on any atom is -0.480 e. The molecule has 0 spiro atoms. The molecule has 0 fully saturated rings. The largest absolute Gasteiger partial charge is 0.480 e. The van der Waals surface area contributed by atoms with Gasteiger partial charge in [-0.1, -0.05) is 48.5 Å². The van der Waals surface area contributed by atoms with E-state index in [0.29, 0.717) is 0 Å². The Bertz CT molecular complexity index is 1380. The molecule has 1 aliphatic carbocycles. The smallest absolute Gasteiger partial charge is 0.407 e. The predicted octanol–water partition coefficient (Wildman–Crippen LogP) is 2.87. The molecule has 3 aromatic carbocycles. The minimum absolute atomic E-state index is 0.00607. The number of nitrogens with one attached hydrogen (secondary N) is 2. The molecule has 0 heterocycles. The first kappa shape index (κ1) is 24.8. The summed E-state index contributed by atoms with van der Waals surface area (Å²) in [4.78, 5) is 33.6. The summed E-state index contributed by atoms with van der Waals surface area (Å²) >= 11 is 0. The average Bonchev–Trinajstić information content (AvgIpc) is 3.19. The quantitative estimate of drug-likeness (QED) is 0.291. The van der Waals surface area contributed by atoms with Crippen molar-refractivity contribution in [3.05, 3.63) is 94.0 Å². The predicted molar refractivity (Wildman–Crippen MR) is 128 cm³/mol. The second-order valence-corrected chi connectivity index (χ2v) is 9.68. The Kier molecular flexibility index (Phi) is 6.99. The van der Waals surface area contributed by atoms with Gasteiger partial charge in [-0.25, -0.2) is 13.2 Å². The Labute approximate surface area is 205 Å². The van der Waals surface area contributed by atoms with Crippen molar-refractivity contribution in [2.24, 2.45) is 0 Å². The first-order valence-corrected chi connectivity index (χ1v) is 12.2. The molecular weight excluding hydrogens is 490 g/mol. The summed E-state index contributed by atoms with van der Waals surface area (Å²) in [5.74, 6) is -1.72. The summed E-state index contributed by atoms with van der Waals surface area (Å²) in [5, 5.41) is 22.4. The van der Waals surface area contributed by atoms with Crippen LogP contribution in [0.1, 0.15) is 17.0 Å².